The number of hydrogen-bond donors (Lipinski definition) is 0. The van der Waals surface area contributed by atoms with Crippen molar-refractivity contribution in [3.8, 4) is 0 Å². The molecule has 4 nitrogen and oxygen atoms in total. The van der Waals surface area contributed by atoms with Gasteiger partial charge in [-0.15, -0.1) is 0 Å². The molecule has 0 N–H and O–H groups in total. The van der Waals surface area contributed by atoms with Gasteiger partial charge in [-0.25, -0.2) is 4.98 Å². The van der Waals surface area contributed by atoms with Gasteiger partial charge < -0.3 is 4.74 Å². The lowest BCUT2D eigenvalue weighted by atomic mass is 10.4. The van der Waals surface area contributed by atoms with Crippen LogP contribution in [-0.2, 0) is 11.3 Å². The standard InChI is InChI=1S/C11H17ClN2O2/c1-3-4-6-16-7-5-14-9(2)13-10(12)8-11(14)15/h8H,3-7H2,1-2H3. The molecule has 0 bridgehead atoms. The summed E-state index contributed by atoms with van der Waals surface area (Å²) in [5.74, 6) is 0.622. The topological polar surface area (TPSA) is 44.1 Å². The van der Waals surface area contributed by atoms with Crippen molar-refractivity contribution in [2.24, 2.45) is 0 Å². The maximum absolute atomic E-state index is 11.6. The van der Waals surface area contributed by atoms with Crippen LogP contribution in [0.3, 0.4) is 0 Å². The van der Waals surface area contributed by atoms with Gasteiger partial charge in [-0.3, -0.25) is 9.36 Å². The van der Waals surface area contributed by atoms with E-state index in [9.17, 15) is 4.79 Å². The largest absolute Gasteiger partial charge is 0.380 e. The number of hydrogen-bond acceptors (Lipinski definition) is 3. The van der Waals surface area contributed by atoms with Crippen LogP contribution in [0.5, 0.6) is 0 Å². The lowest BCUT2D eigenvalue weighted by Gasteiger charge is -2.09. The Morgan fingerprint density at radius 1 is 1.50 bits per heavy atom. The van der Waals surface area contributed by atoms with Crippen molar-refractivity contribution in [3.05, 3.63) is 27.4 Å². The van der Waals surface area contributed by atoms with E-state index in [1.807, 2.05) is 0 Å². The van der Waals surface area contributed by atoms with Crippen molar-refractivity contribution >= 4 is 11.6 Å². The van der Waals surface area contributed by atoms with Crippen LogP contribution in [0.15, 0.2) is 10.9 Å². The minimum absolute atomic E-state index is 0.128. The third kappa shape index (κ3) is 3.94. The van der Waals surface area contributed by atoms with Crippen LogP contribution < -0.4 is 5.56 Å². The Labute approximate surface area is 100 Å². The third-order valence-corrected chi connectivity index (χ3v) is 2.46. The van der Waals surface area contributed by atoms with E-state index in [4.69, 9.17) is 16.3 Å². The third-order valence-electron chi connectivity index (χ3n) is 2.27. The molecule has 0 saturated heterocycles. The summed E-state index contributed by atoms with van der Waals surface area (Å²) in [5.41, 5.74) is -0.128. The molecule has 0 saturated carbocycles. The number of unbranched alkanes of at least 4 members (excludes halogenated alkanes) is 1. The van der Waals surface area contributed by atoms with E-state index in [0.717, 1.165) is 19.4 Å². The lowest BCUT2D eigenvalue weighted by molar-refractivity contribution is 0.122. The van der Waals surface area contributed by atoms with Crippen molar-refractivity contribution in [2.75, 3.05) is 13.2 Å². The second kappa shape index (κ2) is 6.66. The fourth-order valence-electron chi connectivity index (χ4n) is 1.36. The highest BCUT2D eigenvalue weighted by Gasteiger charge is 2.03. The Kier molecular flexibility index (Phi) is 5.49. The van der Waals surface area contributed by atoms with Gasteiger partial charge in [-0.05, 0) is 13.3 Å². The molecule has 90 valence electrons. The van der Waals surface area contributed by atoms with Gasteiger partial charge in [-0.2, -0.15) is 0 Å². The van der Waals surface area contributed by atoms with Gasteiger partial charge in [0.05, 0.1) is 13.2 Å². The van der Waals surface area contributed by atoms with Crippen LogP contribution in [0.4, 0.5) is 0 Å². The molecule has 0 spiro atoms. The molecular formula is C11H17ClN2O2. The molecule has 1 aromatic heterocycles. The molecule has 0 radical (unpaired) electrons. The summed E-state index contributed by atoms with van der Waals surface area (Å²) in [5, 5.41) is 0.241. The van der Waals surface area contributed by atoms with Crippen molar-refractivity contribution in [3.63, 3.8) is 0 Å². The Hall–Kier alpha value is -0.870. The van der Waals surface area contributed by atoms with Crippen molar-refractivity contribution in [1.29, 1.82) is 0 Å². The SMILES string of the molecule is CCCCOCCn1c(C)nc(Cl)cc1=O. The minimum Gasteiger partial charge on any atom is -0.380 e. The van der Waals surface area contributed by atoms with Gasteiger partial charge in [0, 0.05) is 12.7 Å². The van der Waals surface area contributed by atoms with E-state index in [0.29, 0.717) is 19.0 Å². The molecule has 5 heteroatoms. The first-order valence-electron chi connectivity index (χ1n) is 5.47. The Bertz CT molecular complexity index is 390. The normalized spacial score (nSPS) is 10.7. The molecule has 0 amide bonds. The summed E-state index contributed by atoms with van der Waals surface area (Å²) in [4.78, 5) is 15.6. The maximum Gasteiger partial charge on any atom is 0.255 e. The fraction of sp³-hybridized carbons (Fsp3) is 0.636. The zero-order valence-corrected chi connectivity index (χ0v) is 10.5. The summed E-state index contributed by atoms with van der Waals surface area (Å²) in [7, 11) is 0. The maximum atomic E-state index is 11.6. The second-order valence-corrected chi connectivity index (χ2v) is 3.97. The highest BCUT2D eigenvalue weighted by atomic mass is 35.5. The summed E-state index contributed by atoms with van der Waals surface area (Å²) < 4.78 is 6.97. The zero-order valence-electron chi connectivity index (χ0n) is 9.70. The molecule has 16 heavy (non-hydrogen) atoms. The number of aromatic nitrogens is 2. The average molecular weight is 245 g/mol. The number of rotatable bonds is 6. The number of aryl methyl sites for hydroxylation is 1. The van der Waals surface area contributed by atoms with E-state index >= 15 is 0 Å². The van der Waals surface area contributed by atoms with Crippen molar-refractivity contribution in [2.45, 2.75) is 33.2 Å². The fourth-order valence-corrected chi connectivity index (χ4v) is 1.58. The van der Waals surface area contributed by atoms with Crippen LogP contribution in [0.2, 0.25) is 5.15 Å². The predicted molar refractivity (Wildman–Crippen MR) is 64.0 cm³/mol. The number of halogens is 1. The Morgan fingerprint density at radius 2 is 2.25 bits per heavy atom. The van der Waals surface area contributed by atoms with E-state index < -0.39 is 0 Å². The van der Waals surface area contributed by atoms with Crippen molar-refractivity contribution < 1.29 is 4.74 Å². The molecule has 1 rings (SSSR count). The smallest absolute Gasteiger partial charge is 0.255 e. The molecule has 1 aromatic rings. The molecule has 0 aliphatic heterocycles. The van der Waals surface area contributed by atoms with E-state index in [1.165, 1.54) is 6.07 Å². The van der Waals surface area contributed by atoms with Gasteiger partial charge >= 0.3 is 0 Å². The summed E-state index contributed by atoms with van der Waals surface area (Å²) >= 11 is 5.67. The number of ether oxygens (including phenoxy) is 1. The molecule has 0 unspecified atom stereocenters. The second-order valence-electron chi connectivity index (χ2n) is 3.58. The van der Waals surface area contributed by atoms with E-state index in [2.05, 4.69) is 11.9 Å². The highest BCUT2D eigenvalue weighted by molar-refractivity contribution is 6.29. The Morgan fingerprint density at radius 3 is 2.88 bits per heavy atom. The zero-order chi connectivity index (χ0) is 12.0. The van der Waals surface area contributed by atoms with Gasteiger partial charge in [0.2, 0.25) is 0 Å². The summed E-state index contributed by atoms with van der Waals surface area (Å²) in [6, 6.07) is 1.32. The molecule has 0 fully saturated rings. The first-order valence-corrected chi connectivity index (χ1v) is 5.84. The van der Waals surface area contributed by atoms with Gasteiger partial charge in [0.25, 0.3) is 5.56 Å². The van der Waals surface area contributed by atoms with Crippen LogP contribution >= 0.6 is 11.6 Å². The quantitative estimate of drug-likeness (QED) is 0.568. The molecule has 0 aliphatic carbocycles. The molecule has 1 heterocycles. The van der Waals surface area contributed by atoms with Gasteiger partial charge in [0.1, 0.15) is 11.0 Å². The number of nitrogens with zero attached hydrogens (tertiary/aromatic N) is 2. The summed E-state index contributed by atoms with van der Waals surface area (Å²) in [6.07, 6.45) is 2.16. The van der Waals surface area contributed by atoms with Gasteiger partial charge in [0.15, 0.2) is 0 Å². The molecule has 0 aromatic carbocycles. The van der Waals surface area contributed by atoms with Crippen LogP contribution in [0.25, 0.3) is 0 Å². The van der Waals surface area contributed by atoms with E-state index in [-0.39, 0.29) is 10.7 Å². The minimum atomic E-state index is -0.128. The van der Waals surface area contributed by atoms with Crippen LogP contribution in [-0.4, -0.2) is 22.8 Å². The van der Waals surface area contributed by atoms with Crippen LogP contribution in [0, 0.1) is 6.92 Å². The Balaban J connectivity index is 2.51. The van der Waals surface area contributed by atoms with E-state index in [1.54, 1.807) is 11.5 Å². The molecule has 0 atom stereocenters. The first kappa shape index (κ1) is 13.2. The van der Waals surface area contributed by atoms with Crippen LogP contribution in [0.1, 0.15) is 25.6 Å². The van der Waals surface area contributed by atoms with Gasteiger partial charge in [-0.1, -0.05) is 24.9 Å². The summed E-state index contributed by atoms with van der Waals surface area (Å²) in [6.45, 7) is 5.67. The lowest BCUT2D eigenvalue weighted by Crippen LogP contribution is -2.25. The average Bonchev–Trinajstić information content (AvgIpc) is 2.20. The first-order chi connectivity index (χ1) is 7.65. The highest BCUT2D eigenvalue weighted by Crippen LogP contribution is 2.01. The predicted octanol–water partition coefficient (Wildman–Crippen LogP) is 2.02. The molecule has 0 aliphatic rings. The monoisotopic (exact) mass is 244 g/mol. The molecular weight excluding hydrogens is 228 g/mol. The van der Waals surface area contributed by atoms with Crippen molar-refractivity contribution in [1.82, 2.24) is 9.55 Å².